The van der Waals surface area contributed by atoms with Gasteiger partial charge in [-0.1, -0.05) is 23.7 Å². The highest BCUT2D eigenvalue weighted by Gasteiger charge is 2.39. The van der Waals surface area contributed by atoms with Crippen molar-refractivity contribution in [2.75, 3.05) is 13.2 Å². The van der Waals surface area contributed by atoms with E-state index in [0.717, 1.165) is 12.8 Å². The Labute approximate surface area is 129 Å². The van der Waals surface area contributed by atoms with E-state index in [0.29, 0.717) is 13.0 Å². The van der Waals surface area contributed by atoms with Crippen molar-refractivity contribution in [3.05, 3.63) is 29.3 Å². The molecule has 0 aliphatic carbocycles. The van der Waals surface area contributed by atoms with Crippen LogP contribution in [0.25, 0.3) is 0 Å². The smallest absolute Gasteiger partial charge is 0.324 e. The van der Waals surface area contributed by atoms with Gasteiger partial charge in [-0.25, -0.2) is 8.42 Å². The summed E-state index contributed by atoms with van der Waals surface area (Å²) < 4.78 is 31.7. The van der Waals surface area contributed by atoms with Gasteiger partial charge < -0.3 is 4.74 Å². The molecule has 1 atom stereocenters. The van der Waals surface area contributed by atoms with Gasteiger partial charge in [0.1, 0.15) is 10.9 Å². The summed E-state index contributed by atoms with van der Waals surface area (Å²) >= 11 is 5.99. The van der Waals surface area contributed by atoms with Crippen LogP contribution in [0.4, 0.5) is 0 Å². The van der Waals surface area contributed by atoms with Crippen LogP contribution in [0.15, 0.2) is 29.2 Å². The van der Waals surface area contributed by atoms with E-state index in [1.807, 2.05) is 0 Å². The number of rotatable bonds is 4. The fourth-order valence-corrected chi connectivity index (χ4v) is 4.59. The Kier molecular flexibility index (Phi) is 5.24. The summed E-state index contributed by atoms with van der Waals surface area (Å²) in [6.07, 6.45) is 2.00. The topological polar surface area (TPSA) is 63.7 Å². The number of sulfonamides is 1. The Morgan fingerprint density at radius 2 is 2.10 bits per heavy atom. The number of piperidine rings is 1. The summed E-state index contributed by atoms with van der Waals surface area (Å²) in [5.74, 6) is -0.493. The molecule has 116 valence electrons. The molecular formula is C14H18ClNO4S. The minimum atomic E-state index is -3.80. The minimum Gasteiger partial charge on any atom is -0.465 e. The van der Waals surface area contributed by atoms with Gasteiger partial charge in [0.2, 0.25) is 10.0 Å². The van der Waals surface area contributed by atoms with Gasteiger partial charge in [-0.05, 0) is 38.3 Å². The zero-order valence-corrected chi connectivity index (χ0v) is 13.4. The van der Waals surface area contributed by atoms with Crippen molar-refractivity contribution in [1.29, 1.82) is 0 Å². The van der Waals surface area contributed by atoms with E-state index < -0.39 is 22.0 Å². The third-order valence-electron chi connectivity index (χ3n) is 3.44. The Morgan fingerprint density at radius 1 is 1.38 bits per heavy atom. The molecule has 0 saturated carbocycles. The molecule has 7 heteroatoms. The number of nitrogens with zero attached hydrogens (tertiary/aromatic N) is 1. The second-order valence-electron chi connectivity index (χ2n) is 4.81. The second-order valence-corrected chi connectivity index (χ2v) is 7.08. The zero-order chi connectivity index (χ0) is 15.5. The van der Waals surface area contributed by atoms with Gasteiger partial charge >= 0.3 is 5.97 Å². The van der Waals surface area contributed by atoms with E-state index in [1.165, 1.54) is 16.4 Å². The van der Waals surface area contributed by atoms with Gasteiger partial charge in [0.25, 0.3) is 0 Å². The first-order valence-corrected chi connectivity index (χ1v) is 8.73. The molecule has 21 heavy (non-hydrogen) atoms. The lowest BCUT2D eigenvalue weighted by molar-refractivity contribution is -0.148. The molecule has 1 fully saturated rings. The van der Waals surface area contributed by atoms with Crippen LogP contribution in [-0.4, -0.2) is 37.9 Å². The minimum absolute atomic E-state index is 0.0304. The van der Waals surface area contributed by atoms with Crippen LogP contribution in [0, 0.1) is 0 Å². The van der Waals surface area contributed by atoms with Crippen molar-refractivity contribution in [1.82, 2.24) is 4.31 Å². The van der Waals surface area contributed by atoms with Crippen molar-refractivity contribution in [2.45, 2.75) is 37.1 Å². The van der Waals surface area contributed by atoms with Crippen molar-refractivity contribution >= 4 is 27.6 Å². The highest BCUT2D eigenvalue weighted by atomic mass is 35.5. The number of carbonyl (C=O) groups excluding carboxylic acids is 1. The lowest BCUT2D eigenvalue weighted by Gasteiger charge is -2.33. The van der Waals surface area contributed by atoms with Gasteiger partial charge in [-0.2, -0.15) is 4.31 Å². The molecule has 1 aliphatic heterocycles. The SMILES string of the molecule is CCOC(=O)C1CCCCN1S(=O)(=O)c1ccccc1Cl. The van der Waals surface area contributed by atoms with Crippen molar-refractivity contribution in [3.63, 3.8) is 0 Å². The van der Waals surface area contributed by atoms with Crippen LogP contribution in [0.1, 0.15) is 26.2 Å². The molecule has 1 aliphatic rings. The summed E-state index contributed by atoms with van der Waals surface area (Å²) in [6.45, 7) is 2.24. The molecule has 2 rings (SSSR count). The molecule has 1 aromatic carbocycles. The maximum absolute atomic E-state index is 12.8. The Balaban J connectivity index is 2.36. The number of ether oxygens (including phenoxy) is 1. The first-order chi connectivity index (χ1) is 9.98. The lowest BCUT2D eigenvalue weighted by atomic mass is 10.1. The summed E-state index contributed by atoms with van der Waals surface area (Å²) in [4.78, 5) is 12.0. The lowest BCUT2D eigenvalue weighted by Crippen LogP contribution is -2.48. The standard InChI is InChI=1S/C14H18ClNO4S/c1-2-20-14(17)12-8-5-6-10-16(12)21(18,19)13-9-4-3-7-11(13)15/h3-4,7,9,12H,2,5-6,8,10H2,1H3. The van der Waals surface area contributed by atoms with Crippen LogP contribution in [-0.2, 0) is 19.6 Å². The van der Waals surface area contributed by atoms with Gasteiger partial charge in [0.15, 0.2) is 0 Å². The second kappa shape index (κ2) is 6.77. The molecule has 0 N–H and O–H groups in total. The molecule has 1 heterocycles. The van der Waals surface area contributed by atoms with Crippen LogP contribution >= 0.6 is 11.6 Å². The molecule has 0 aromatic heterocycles. The van der Waals surface area contributed by atoms with Crippen LogP contribution in [0.2, 0.25) is 5.02 Å². The average molecular weight is 332 g/mol. The van der Waals surface area contributed by atoms with Crippen LogP contribution in [0.5, 0.6) is 0 Å². The van der Waals surface area contributed by atoms with Gasteiger partial charge in [-0.15, -0.1) is 0 Å². The van der Waals surface area contributed by atoms with Gasteiger partial charge in [-0.3, -0.25) is 4.79 Å². The Morgan fingerprint density at radius 3 is 2.76 bits per heavy atom. The molecule has 1 saturated heterocycles. The molecular weight excluding hydrogens is 314 g/mol. The average Bonchev–Trinajstić information content (AvgIpc) is 2.48. The first kappa shape index (κ1) is 16.3. The highest BCUT2D eigenvalue weighted by Crippen LogP contribution is 2.29. The zero-order valence-electron chi connectivity index (χ0n) is 11.8. The van der Waals surface area contributed by atoms with Crippen LogP contribution in [0.3, 0.4) is 0 Å². The number of halogens is 1. The van der Waals surface area contributed by atoms with E-state index >= 15 is 0 Å². The third-order valence-corrected chi connectivity index (χ3v) is 5.84. The maximum Gasteiger partial charge on any atom is 0.324 e. The highest BCUT2D eigenvalue weighted by molar-refractivity contribution is 7.89. The van der Waals surface area contributed by atoms with E-state index in [-0.39, 0.29) is 16.5 Å². The number of hydrogen-bond acceptors (Lipinski definition) is 4. The van der Waals surface area contributed by atoms with Crippen molar-refractivity contribution in [2.24, 2.45) is 0 Å². The summed E-state index contributed by atoms with van der Waals surface area (Å²) in [5.41, 5.74) is 0. The van der Waals surface area contributed by atoms with E-state index in [4.69, 9.17) is 16.3 Å². The fraction of sp³-hybridized carbons (Fsp3) is 0.500. The van der Waals surface area contributed by atoms with E-state index in [2.05, 4.69) is 0 Å². The monoisotopic (exact) mass is 331 g/mol. The van der Waals surface area contributed by atoms with E-state index in [1.54, 1.807) is 19.1 Å². The quantitative estimate of drug-likeness (QED) is 0.795. The van der Waals surface area contributed by atoms with E-state index in [9.17, 15) is 13.2 Å². The molecule has 0 spiro atoms. The Hall–Kier alpha value is -1.11. The number of carbonyl (C=O) groups is 1. The first-order valence-electron chi connectivity index (χ1n) is 6.91. The number of hydrogen-bond donors (Lipinski definition) is 0. The maximum atomic E-state index is 12.8. The molecule has 0 bridgehead atoms. The van der Waals surface area contributed by atoms with Crippen molar-refractivity contribution < 1.29 is 17.9 Å². The predicted octanol–water partition coefficient (Wildman–Crippen LogP) is 2.45. The number of benzene rings is 1. The normalized spacial score (nSPS) is 20.2. The van der Waals surface area contributed by atoms with Crippen molar-refractivity contribution in [3.8, 4) is 0 Å². The molecule has 1 unspecified atom stereocenters. The fourth-order valence-electron chi connectivity index (χ4n) is 2.45. The molecule has 1 aromatic rings. The largest absolute Gasteiger partial charge is 0.465 e. The van der Waals surface area contributed by atoms with Gasteiger partial charge in [0.05, 0.1) is 11.6 Å². The van der Waals surface area contributed by atoms with Gasteiger partial charge in [0, 0.05) is 6.54 Å². The molecule has 5 nitrogen and oxygen atoms in total. The molecule has 0 radical (unpaired) electrons. The summed E-state index contributed by atoms with van der Waals surface area (Å²) in [5, 5.41) is 0.158. The molecule has 0 amide bonds. The number of esters is 1. The Bertz CT molecular complexity index is 617. The predicted molar refractivity (Wildman–Crippen MR) is 79.6 cm³/mol. The third kappa shape index (κ3) is 3.39. The summed E-state index contributed by atoms with van der Waals surface area (Å²) in [6, 6.07) is 5.49. The van der Waals surface area contributed by atoms with Crippen LogP contribution < -0.4 is 0 Å². The summed E-state index contributed by atoms with van der Waals surface area (Å²) in [7, 11) is -3.80.